The van der Waals surface area contributed by atoms with Gasteiger partial charge < -0.3 is 5.32 Å². The maximum atomic E-state index is 12.0. The molecule has 0 aliphatic heterocycles. The minimum absolute atomic E-state index is 0.103. The van der Waals surface area contributed by atoms with Crippen LogP contribution in [-0.2, 0) is 27.1 Å². The van der Waals surface area contributed by atoms with E-state index < -0.39 is 10.0 Å². The molecule has 0 saturated heterocycles. The lowest BCUT2D eigenvalue weighted by Gasteiger charge is -2.08. The van der Waals surface area contributed by atoms with E-state index in [0.717, 1.165) is 21.8 Å². The lowest BCUT2D eigenvalue weighted by molar-refractivity contribution is -0.118. The number of nitrogens with one attached hydrogen (secondary N) is 1. The van der Waals surface area contributed by atoms with Crippen molar-refractivity contribution in [1.82, 2.24) is 9.62 Å². The number of hydrogen-bond acceptors (Lipinski definition) is 6. The molecule has 0 radical (unpaired) electrons. The van der Waals surface area contributed by atoms with Crippen LogP contribution >= 0.6 is 23.1 Å². The van der Waals surface area contributed by atoms with Gasteiger partial charge in [-0.3, -0.25) is 4.79 Å². The molecule has 0 fully saturated rings. The molecule has 0 aliphatic carbocycles. The molecule has 1 N–H and O–H groups in total. The highest BCUT2D eigenvalue weighted by atomic mass is 32.2. The number of thiophene rings is 1. The Labute approximate surface area is 161 Å². The minimum atomic E-state index is -3.43. The predicted molar refractivity (Wildman–Crippen MR) is 104 cm³/mol. The molecule has 0 bridgehead atoms. The summed E-state index contributed by atoms with van der Waals surface area (Å²) in [5.41, 5.74) is 1.67. The molecule has 0 saturated carbocycles. The summed E-state index contributed by atoms with van der Waals surface area (Å²) >= 11 is 2.64. The summed E-state index contributed by atoms with van der Waals surface area (Å²) in [6, 6.07) is 12.6. The van der Waals surface area contributed by atoms with Gasteiger partial charge in [-0.05, 0) is 29.8 Å². The summed E-state index contributed by atoms with van der Waals surface area (Å²) in [6.45, 7) is 0.309. The van der Waals surface area contributed by atoms with Crippen LogP contribution in [0.5, 0.6) is 0 Å². The zero-order valence-corrected chi connectivity index (χ0v) is 16.9. The van der Waals surface area contributed by atoms with Gasteiger partial charge in [0.05, 0.1) is 23.9 Å². The Morgan fingerprint density at radius 2 is 1.92 bits per heavy atom. The summed E-state index contributed by atoms with van der Waals surface area (Å²) in [6.07, 6.45) is 0. The number of nitriles is 1. The van der Waals surface area contributed by atoms with Gasteiger partial charge in [0.15, 0.2) is 0 Å². The van der Waals surface area contributed by atoms with Crippen molar-refractivity contribution in [2.45, 2.75) is 16.5 Å². The van der Waals surface area contributed by atoms with Crippen LogP contribution in [-0.4, -0.2) is 38.5 Å². The van der Waals surface area contributed by atoms with Crippen molar-refractivity contribution in [2.24, 2.45) is 0 Å². The first-order valence-corrected chi connectivity index (χ1v) is 11.1. The number of amides is 1. The largest absolute Gasteiger partial charge is 0.350 e. The van der Waals surface area contributed by atoms with Crippen LogP contribution in [0.25, 0.3) is 0 Å². The molecular formula is C17H19N3O3S3. The maximum Gasteiger partial charge on any atom is 0.252 e. The van der Waals surface area contributed by atoms with Crippen LogP contribution in [0.2, 0.25) is 0 Å². The maximum absolute atomic E-state index is 12.0. The quantitative estimate of drug-likeness (QED) is 0.723. The Balaban J connectivity index is 1.77. The third kappa shape index (κ3) is 5.57. The number of carbonyl (C=O) groups is 1. The summed E-state index contributed by atoms with van der Waals surface area (Å²) < 4.78 is 25.5. The number of thioether (sulfide) groups is 1. The predicted octanol–water partition coefficient (Wildman–Crippen LogP) is 2.42. The zero-order valence-electron chi connectivity index (χ0n) is 14.4. The second kappa shape index (κ2) is 9.19. The third-order valence-electron chi connectivity index (χ3n) is 3.42. The topological polar surface area (TPSA) is 90.3 Å². The van der Waals surface area contributed by atoms with E-state index >= 15 is 0 Å². The fourth-order valence-corrected chi connectivity index (χ4v) is 5.23. The van der Waals surface area contributed by atoms with Gasteiger partial charge in [-0.2, -0.15) is 5.26 Å². The highest BCUT2D eigenvalue weighted by Crippen LogP contribution is 2.23. The van der Waals surface area contributed by atoms with Gasteiger partial charge in [-0.1, -0.05) is 12.1 Å². The van der Waals surface area contributed by atoms with Crippen molar-refractivity contribution in [3.63, 3.8) is 0 Å². The highest BCUT2D eigenvalue weighted by Gasteiger charge is 2.19. The van der Waals surface area contributed by atoms with Crippen molar-refractivity contribution in [1.29, 1.82) is 5.26 Å². The van der Waals surface area contributed by atoms with E-state index in [-0.39, 0.29) is 10.1 Å². The number of carbonyl (C=O) groups excluding carboxylic acids is 1. The lowest BCUT2D eigenvalue weighted by atomic mass is 10.2. The normalized spacial score (nSPS) is 11.3. The molecule has 2 rings (SSSR count). The second-order valence-electron chi connectivity index (χ2n) is 5.59. The molecule has 138 valence electrons. The van der Waals surface area contributed by atoms with Gasteiger partial charge >= 0.3 is 0 Å². The molecule has 6 nitrogen and oxygen atoms in total. The number of sulfonamides is 1. The van der Waals surface area contributed by atoms with Crippen LogP contribution in [0.15, 0.2) is 40.6 Å². The first-order valence-electron chi connectivity index (χ1n) is 7.67. The van der Waals surface area contributed by atoms with Crippen molar-refractivity contribution in [3.8, 4) is 6.07 Å². The van der Waals surface area contributed by atoms with E-state index in [1.165, 1.54) is 30.2 Å². The lowest BCUT2D eigenvalue weighted by Crippen LogP contribution is -2.24. The van der Waals surface area contributed by atoms with Gasteiger partial charge in [0.25, 0.3) is 10.0 Å². The number of rotatable bonds is 8. The standard InChI is InChI=1S/C17H19N3O3S3/c1-20(2)26(22,23)17-8-7-15(25-17)10-19-16(21)12-24-11-14-5-3-13(9-18)4-6-14/h3-8H,10-12H2,1-2H3,(H,19,21). The molecule has 1 aromatic heterocycles. The SMILES string of the molecule is CN(C)S(=O)(=O)c1ccc(CNC(=O)CSCc2ccc(C#N)cc2)s1. The van der Waals surface area contributed by atoms with Crippen LogP contribution < -0.4 is 5.32 Å². The average molecular weight is 410 g/mol. The highest BCUT2D eigenvalue weighted by molar-refractivity contribution is 7.99. The minimum Gasteiger partial charge on any atom is -0.350 e. The average Bonchev–Trinajstić information content (AvgIpc) is 3.10. The molecule has 1 amide bonds. The Hall–Kier alpha value is -1.86. The fraction of sp³-hybridized carbons (Fsp3) is 0.294. The molecule has 1 heterocycles. The van der Waals surface area contributed by atoms with Crippen molar-refractivity contribution in [3.05, 3.63) is 52.4 Å². The summed E-state index contributed by atoms with van der Waals surface area (Å²) in [5.74, 6) is 0.895. The Kier molecular flexibility index (Phi) is 7.23. The van der Waals surface area contributed by atoms with Gasteiger partial charge in [-0.15, -0.1) is 23.1 Å². The van der Waals surface area contributed by atoms with Crippen LogP contribution in [0.4, 0.5) is 0 Å². The molecule has 1 aromatic carbocycles. The first-order chi connectivity index (χ1) is 12.3. The van der Waals surface area contributed by atoms with Gasteiger partial charge in [0, 0.05) is 24.7 Å². The summed E-state index contributed by atoms with van der Waals surface area (Å²) in [5, 5.41) is 11.6. The van der Waals surface area contributed by atoms with Crippen LogP contribution in [0.1, 0.15) is 16.0 Å². The van der Waals surface area contributed by atoms with Gasteiger partial charge in [-0.25, -0.2) is 12.7 Å². The van der Waals surface area contributed by atoms with Gasteiger partial charge in [0.1, 0.15) is 4.21 Å². The van der Waals surface area contributed by atoms with E-state index in [1.54, 1.807) is 24.3 Å². The summed E-state index contributed by atoms with van der Waals surface area (Å²) in [4.78, 5) is 12.7. The van der Waals surface area contributed by atoms with E-state index in [2.05, 4.69) is 11.4 Å². The number of hydrogen-bond donors (Lipinski definition) is 1. The van der Waals surface area contributed by atoms with Crippen molar-refractivity contribution in [2.75, 3.05) is 19.8 Å². The molecule has 0 unspecified atom stereocenters. The molecule has 26 heavy (non-hydrogen) atoms. The third-order valence-corrected chi connectivity index (χ3v) is 7.79. The Bertz CT molecular complexity index is 897. The van der Waals surface area contributed by atoms with Crippen molar-refractivity contribution >= 4 is 39.0 Å². The second-order valence-corrected chi connectivity index (χ2v) is 10.1. The van der Waals surface area contributed by atoms with Crippen molar-refractivity contribution < 1.29 is 13.2 Å². The molecule has 2 aromatic rings. The van der Waals surface area contributed by atoms with E-state index in [0.29, 0.717) is 23.6 Å². The fourth-order valence-electron chi connectivity index (χ4n) is 1.95. The molecule has 0 spiro atoms. The van der Waals surface area contributed by atoms with Crippen LogP contribution in [0, 0.1) is 11.3 Å². The zero-order chi connectivity index (χ0) is 19.2. The molecule has 0 aliphatic rings. The van der Waals surface area contributed by atoms with Gasteiger partial charge in [0.2, 0.25) is 5.91 Å². The molecule has 0 atom stereocenters. The van der Waals surface area contributed by atoms with E-state index in [1.807, 2.05) is 12.1 Å². The summed E-state index contributed by atoms with van der Waals surface area (Å²) in [7, 11) is -0.454. The Morgan fingerprint density at radius 3 is 2.54 bits per heavy atom. The Morgan fingerprint density at radius 1 is 1.23 bits per heavy atom. The molecular weight excluding hydrogens is 390 g/mol. The number of nitrogens with zero attached hydrogens (tertiary/aromatic N) is 2. The van der Waals surface area contributed by atoms with E-state index in [4.69, 9.17) is 5.26 Å². The van der Waals surface area contributed by atoms with Crippen LogP contribution in [0.3, 0.4) is 0 Å². The number of benzene rings is 1. The first kappa shape index (κ1) is 20.5. The smallest absolute Gasteiger partial charge is 0.252 e. The van der Waals surface area contributed by atoms with E-state index in [9.17, 15) is 13.2 Å². The monoisotopic (exact) mass is 409 g/mol. The molecule has 9 heteroatoms.